The zero-order valence-electron chi connectivity index (χ0n) is 20.3. The Morgan fingerprint density at radius 3 is 2.42 bits per heavy atom. The molecule has 0 unspecified atom stereocenters. The molecule has 9 nitrogen and oxygen atoms in total. The summed E-state index contributed by atoms with van der Waals surface area (Å²) in [6.45, 7) is 1.90. The fourth-order valence-corrected chi connectivity index (χ4v) is 5.95. The Morgan fingerprint density at radius 2 is 1.68 bits per heavy atom. The van der Waals surface area contributed by atoms with Crippen LogP contribution in [0.1, 0.15) is 17.0 Å². The number of fused-ring (bicyclic) bond motifs is 1. The molecular weight excluding hydrogens is 522 g/mol. The third-order valence-corrected chi connectivity index (χ3v) is 8.32. The van der Waals surface area contributed by atoms with Crippen LogP contribution in [0, 0.1) is 17.0 Å². The van der Waals surface area contributed by atoms with Crippen LogP contribution >= 0.6 is 11.8 Å². The van der Waals surface area contributed by atoms with Crippen molar-refractivity contribution in [3.05, 3.63) is 118 Å². The first-order valence-electron chi connectivity index (χ1n) is 11.7. The summed E-state index contributed by atoms with van der Waals surface area (Å²) in [5.74, 6) is 0.977. The summed E-state index contributed by atoms with van der Waals surface area (Å²) < 4.78 is 30.6. The van der Waals surface area contributed by atoms with Crippen LogP contribution in [-0.4, -0.2) is 28.1 Å². The van der Waals surface area contributed by atoms with Gasteiger partial charge in [0.1, 0.15) is 0 Å². The first kappa shape index (κ1) is 25.6. The number of aryl methyl sites for hydroxylation is 1. The van der Waals surface area contributed by atoms with Gasteiger partial charge in [0, 0.05) is 23.6 Å². The fourth-order valence-electron chi connectivity index (χ4n) is 4.02. The van der Waals surface area contributed by atoms with Crippen LogP contribution in [0.15, 0.2) is 101 Å². The Labute approximate surface area is 223 Å². The molecule has 0 saturated carbocycles. The molecular formula is C27H23N5O4S2. The zero-order valence-corrected chi connectivity index (χ0v) is 21.9. The van der Waals surface area contributed by atoms with Crippen molar-refractivity contribution in [2.45, 2.75) is 29.3 Å². The van der Waals surface area contributed by atoms with Gasteiger partial charge in [-0.15, -0.1) is 10.2 Å². The van der Waals surface area contributed by atoms with Gasteiger partial charge in [-0.3, -0.25) is 14.7 Å². The molecule has 0 amide bonds. The van der Waals surface area contributed by atoms with Gasteiger partial charge >= 0.3 is 0 Å². The van der Waals surface area contributed by atoms with Gasteiger partial charge in [0.25, 0.3) is 5.69 Å². The number of hydrogen-bond acceptors (Lipinski definition) is 7. The van der Waals surface area contributed by atoms with Crippen molar-refractivity contribution >= 4 is 38.2 Å². The second kappa shape index (κ2) is 10.7. The highest BCUT2D eigenvalue weighted by molar-refractivity contribution is 7.98. The normalized spacial score (nSPS) is 11.6. The summed E-state index contributed by atoms with van der Waals surface area (Å²) in [6, 6.07) is 26.6. The third kappa shape index (κ3) is 5.59. The summed E-state index contributed by atoms with van der Waals surface area (Å²) in [6.07, 6.45) is 0. The van der Waals surface area contributed by atoms with Gasteiger partial charge in [-0.1, -0.05) is 71.9 Å². The number of aromatic nitrogens is 3. The maximum absolute atomic E-state index is 13.1. The number of benzene rings is 4. The third-order valence-electron chi connectivity index (χ3n) is 5.92. The molecule has 5 aromatic rings. The Balaban J connectivity index is 1.43. The number of non-ortho nitro benzene ring substituents is 1. The van der Waals surface area contributed by atoms with Crippen molar-refractivity contribution < 1.29 is 13.3 Å². The average molecular weight is 546 g/mol. The minimum Gasteiger partial charge on any atom is -0.273 e. The van der Waals surface area contributed by atoms with E-state index in [1.54, 1.807) is 34.9 Å². The smallest absolute Gasteiger partial charge is 0.269 e. The van der Waals surface area contributed by atoms with E-state index in [2.05, 4.69) is 21.0 Å². The fraction of sp³-hybridized carbons (Fsp3) is 0.111. The molecule has 11 heteroatoms. The van der Waals surface area contributed by atoms with E-state index < -0.39 is 14.9 Å². The highest BCUT2D eigenvalue weighted by Gasteiger charge is 2.20. The summed E-state index contributed by atoms with van der Waals surface area (Å²) in [4.78, 5) is 10.8. The maximum atomic E-state index is 13.1. The molecule has 0 spiro atoms. The molecule has 0 aliphatic rings. The molecule has 0 atom stereocenters. The summed E-state index contributed by atoms with van der Waals surface area (Å²) in [5, 5.41) is 22.0. The van der Waals surface area contributed by atoms with Crippen LogP contribution in [0.3, 0.4) is 0 Å². The first-order chi connectivity index (χ1) is 18.3. The van der Waals surface area contributed by atoms with Gasteiger partial charge in [0.2, 0.25) is 10.0 Å². The average Bonchev–Trinajstić information content (AvgIpc) is 3.33. The van der Waals surface area contributed by atoms with E-state index in [-0.39, 0.29) is 17.1 Å². The van der Waals surface area contributed by atoms with Gasteiger partial charge in [0.05, 0.1) is 16.4 Å². The van der Waals surface area contributed by atoms with E-state index >= 15 is 0 Å². The van der Waals surface area contributed by atoms with E-state index in [0.717, 1.165) is 21.9 Å². The Morgan fingerprint density at radius 1 is 0.921 bits per heavy atom. The monoisotopic (exact) mass is 545 g/mol. The number of nitrogens with zero attached hydrogens (tertiary/aromatic N) is 4. The highest BCUT2D eigenvalue weighted by atomic mass is 32.2. The van der Waals surface area contributed by atoms with Crippen LogP contribution in [0.2, 0.25) is 0 Å². The first-order valence-corrected chi connectivity index (χ1v) is 14.1. The standard InChI is InChI=1S/C27H23N5O4S2/c1-19-5-4-6-20(15-19)18-37-27-30-29-26(31(27)23-10-12-24(13-11-23)32(33)34)17-28-38(35,36)25-14-9-21-7-2-3-8-22(21)16-25/h2-16,28H,17-18H2,1H3. The topological polar surface area (TPSA) is 120 Å². The molecule has 0 aliphatic heterocycles. The van der Waals surface area contributed by atoms with Crippen molar-refractivity contribution in [3.8, 4) is 5.69 Å². The highest BCUT2D eigenvalue weighted by Crippen LogP contribution is 2.27. The lowest BCUT2D eigenvalue weighted by Crippen LogP contribution is -2.25. The lowest BCUT2D eigenvalue weighted by Gasteiger charge is -2.12. The lowest BCUT2D eigenvalue weighted by atomic mass is 10.1. The van der Waals surface area contributed by atoms with Gasteiger partial charge in [-0.2, -0.15) is 0 Å². The molecule has 0 bridgehead atoms. The Kier molecular flexibility index (Phi) is 7.23. The predicted molar refractivity (Wildman–Crippen MR) is 147 cm³/mol. The van der Waals surface area contributed by atoms with E-state index in [9.17, 15) is 18.5 Å². The maximum Gasteiger partial charge on any atom is 0.269 e. The van der Waals surface area contributed by atoms with Crippen molar-refractivity contribution in [2.75, 3.05) is 0 Å². The van der Waals surface area contributed by atoms with Gasteiger partial charge < -0.3 is 0 Å². The second-order valence-corrected chi connectivity index (χ2v) is 11.3. The minimum absolute atomic E-state index is 0.0469. The number of nitrogens with one attached hydrogen (secondary N) is 1. The van der Waals surface area contributed by atoms with Crippen molar-refractivity contribution in [1.82, 2.24) is 19.5 Å². The van der Waals surface area contributed by atoms with Crippen LogP contribution in [0.5, 0.6) is 0 Å². The van der Waals surface area contributed by atoms with Crippen LogP contribution in [0.4, 0.5) is 5.69 Å². The second-order valence-electron chi connectivity index (χ2n) is 8.62. The molecule has 0 aliphatic carbocycles. The number of hydrogen-bond donors (Lipinski definition) is 1. The van der Waals surface area contributed by atoms with Crippen LogP contribution in [0.25, 0.3) is 16.5 Å². The molecule has 4 aromatic carbocycles. The number of rotatable bonds is 9. The molecule has 0 saturated heterocycles. The SMILES string of the molecule is Cc1cccc(CSc2nnc(CNS(=O)(=O)c3ccc4ccccc4c3)n2-c2ccc([N+](=O)[O-])cc2)c1. The Hall–Kier alpha value is -4.06. The largest absolute Gasteiger partial charge is 0.273 e. The molecule has 38 heavy (non-hydrogen) atoms. The van der Waals surface area contributed by atoms with Crippen LogP contribution in [-0.2, 0) is 22.3 Å². The molecule has 5 rings (SSSR count). The van der Waals surface area contributed by atoms with E-state index in [0.29, 0.717) is 22.4 Å². The molecule has 0 radical (unpaired) electrons. The zero-order chi connectivity index (χ0) is 26.7. The van der Waals surface area contributed by atoms with E-state index in [4.69, 9.17) is 0 Å². The lowest BCUT2D eigenvalue weighted by molar-refractivity contribution is -0.384. The summed E-state index contributed by atoms with van der Waals surface area (Å²) in [5.41, 5.74) is 2.79. The number of nitro groups is 1. The molecule has 1 aromatic heterocycles. The number of thioether (sulfide) groups is 1. The van der Waals surface area contributed by atoms with Crippen LogP contribution < -0.4 is 4.72 Å². The number of sulfonamides is 1. The molecule has 0 fully saturated rings. The van der Waals surface area contributed by atoms with E-state index in [1.165, 1.54) is 23.9 Å². The van der Waals surface area contributed by atoms with Gasteiger partial charge in [0.15, 0.2) is 11.0 Å². The summed E-state index contributed by atoms with van der Waals surface area (Å²) in [7, 11) is -3.84. The number of nitro benzene ring substituents is 1. The minimum atomic E-state index is -3.84. The van der Waals surface area contributed by atoms with Gasteiger partial charge in [-0.05, 0) is 47.5 Å². The van der Waals surface area contributed by atoms with Gasteiger partial charge in [-0.25, -0.2) is 13.1 Å². The van der Waals surface area contributed by atoms with E-state index in [1.807, 2.05) is 49.4 Å². The molecule has 1 heterocycles. The van der Waals surface area contributed by atoms with Crippen molar-refractivity contribution in [3.63, 3.8) is 0 Å². The van der Waals surface area contributed by atoms with Crippen molar-refractivity contribution in [1.29, 1.82) is 0 Å². The van der Waals surface area contributed by atoms with Crippen molar-refractivity contribution in [2.24, 2.45) is 0 Å². The molecule has 1 N–H and O–H groups in total. The quantitative estimate of drug-likeness (QED) is 0.149. The molecule has 192 valence electrons. The predicted octanol–water partition coefficient (Wildman–Crippen LogP) is 5.41. The Bertz CT molecular complexity index is 1730. The summed E-state index contributed by atoms with van der Waals surface area (Å²) >= 11 is 1.44.